The predicted molar refractivity (Wildman–Crippen MR) is 86.1 cm³/mol. The van der Waals surface area contributed by atoms with E-state index in [1.165, 1.54) is 12.1 Å². The van der Waals surface area contributed by atoms with Crippen molar-refractivity contribution in [1.29, 1.82) is 0 Å². The van der Waals surface area contributed by atoms with Crippen LogP contribution in [0.3, 0.4) is 0 Å². The summed E-state index contributed by atoms with van der Waals surface area (Å²) in [6, 6.07) is 9.80. The van der Waals surface area contributed by atoms with Crippen LogP contribution >= 0.6 is 27.5 Å². The van der Waals surface area contributed by atoms with Gasteiger partial charge in [0.05, 0.1) is 11.1 Å². The zero-order valence-corrected chi connectivity index (χ0v) is 13.5. The minimum absolute atomic E-state index is 0.0551. The molecule has 0 saturated heterocycles. The summed E-state index contributed by atoms with van der Waals surface area (Å²) in [5.74, 6) is 0.198. The van der Waals surface area contributed by atoms with Gasteiger partial charge in [0.1, 0.15) is 17.2 Å². The van der Waals surface area contributed by atoms with Gasteiger partial charge in [0.2, 0.25) is 0 Å². The second kappa shape index (κ2) is 5.44. The average Bonchev–Trinajstić information content (AvgIpc) is 2.77. The van der Waals surface area contributed by atoms with Gasteiger partial charge in [-0.15, -0.1) is 0 Å². The van der Waals surface area contributed by atoms with Crippen LogP contribution in [-0.2, 0) is 0 Å². The zero-order valence-electron chi connectivity index (χ0n) is 11.2. The highest BCUT2D eigenvalue weighted by Gasteiger charge is 2.19. The number of furan rings is 1. The smallest absolute Gasteiger partial charge is 0.141 e. The fourth-order valence-corrected chi connectivity index (χ4v) is 2.90. The summed E-state index contributed by atoms with van der Waals surface area (Å²) in [5, 5.41) is 1.07. The van der Waals surface area contributed by atoms with Gasteiger partial charge in [-0.2, -0.15) is 0 Å². The lowest BCUT2D eigenvalue weighted by molar-refractivity contribution is 0.520. The molecule has 0 spiro atoms. The summed E-state index contributed by atoms with van der Waals surface area (Å²) in [7, 11) is 0. The zero-order chi connectivity index (χ0) is 15.1. The molecule has 1 unspecified atom stereocenters. The molecule has 0 saturated carbocycles. The van der Waals surface area contributed by atoms with Crippen LogP contribution in [-0.4, -0.2) is 0 Å². The topological polar surface area (TPSA) is 39.2 Å². The molecule has 0 fully saturated rings. The fraction of sp³-hybridized carbons (Fsp3) is 0.125. The Kier molecular flexibility index (Phi) is 3.78. The second-order valence-electron chi connectivity index (χ2n) is 4.88. The van der Waals surface area contributed by atoms with Crippen molar-refractivity contribution in [1.82, 2.24) is 0 Å². The minimum Gasteiger partial charge on any atom is -0.459 e. The van der Waals surface area contributed by atoms with E-state index in [1.807, 2.05) is 25.1 Å². The van der Waals surface area contributed by atoms with E-state index in [1.54, 1.807) is 6.07 Å². The lowest BCUT2D eigenvalue weighted by Gasteiger charge is -2.11. The number of aryl methyl sites for hydroxylation is 1. The molecule has 2 aromatic carbocycles. The molecule has 0 bridgehead atoms. The largest absolute Gasteiger partial charge is 0.459 e. The van der Waals surface area contributed by atoms with Crippen molar-refractivity contribution in [3.8, 4) is 0 Å². The van der Waals surface area contributed by atoms with Crippen molar-refractivity contribution in [2.45, 2.75) is 13.0 Å². The van der Waals surface area contributed by atoms with Gasteiger partial charge in [-0.05, 0) is 42.8 Å². The van der Waals surface area contributed by atoms with Gasteiger partial charge in [-0.25, -0.2) is 4.39 Å². The molecule has 108 valence electrons. The van der Waals surface area contributed by atoms with Crippen LogP contribution in [0.1, 0.15) is 22.9 Å². The van der Waals surface area contributed by atoms with Crippen LogP contribution in [0.4, 0.5) is 4.39 Å². The van der Waals surface area contributed by atoms with Crippen molar-refractivity contribution in [2.75, 3.05) is 0 Å². The molecule has 21 heavy (non-hydrogen) atoms. The van der Waals surface area contributed by atoms with Crippen molar-refractivity contribution >= 4 is 38.5 Å². The van der Waals surface area contributed by atoms with Gasteiger partial charge in [0, 0.05) is 15.4 Å². The number of nitrogens with two attached hydrogens (primary N) is 1. The molecule has 0 aliphatic carbocycles. The summed E-state index contributed by atoms with van der Waals surface area (Å²) in [4.78, 5) is 0. The molecule has 0 aliphatic heterocycles. The Morgan fingerprint density at radius 1 is 1.24 bits per heavy atom. The van der Waals surface area contributed by atoms with E-state index >= 15 is 0 Å². The maximum Gasteiger partial charge on any atom is 0.141 e. The van der Waals surface area contributed by atoms with Crippen molar-refractivity contribution in [3.05, 3.63) is 68.6 Å². The highest BCUT2D eigenvalue weighted by atomic mass is 79.9. The van der Waals surface area contributed by atoms with Crippen LogP contribution in [0, 0.1) is 12.7 Å². The molecule has 3 aromatic rings. The number of benzene rings is 2. The van der Waals surface area contributed by atoms with Crippen molar-refractivity contribution < 1.29 is 8.81 Å². The average molecular weight is 369 g/mol. The van der Waals surface area contributed by atoms with Gasteiger partial charge >= 0.3 is 0 Å². The minimum atomic E-state index is -0.491. The Hall–Kier alpha value is -1.36. The Balaban J connectivity index is 2.10. The van der Waals surface area contributed by atoms with E-state index in [2.05, 4.69) is 15.9 Å². The van der Waals surface area contributed by atoms with Crippen molar-refractivity contribution in [3.63, 3.8) is 0 Å². The van der Waals surface area contributed by atoms with Crippen LogP contribution in [0.25, 0.3) is 11.0 Å². The fourth-order valence-electron chi connectivity index (χ4n) is 2.37. The third kappa shape index (κ3) is 2.59. The molecule has 1 heterocycles. The van der Waals surface area contributed by atoms with E-state index < -0.39 is 11.9 Å². The molecule has 1 aromatic heterocycles. The van der Waals surface area contributed by atoms with E-state index in [-0.39, 0.29) is 5.02 Å². The van der Waals surface area contributed by atoms with E-state index in [0.717, 1.165) is 21.0 Å². The van der Waals surface area contributed by atoms with Crippen LogP contribution in [0.2, 0.25) is 5.02 Å². The number of hydrogen-bond acceptors (Lipinski definition) is 2. The Morgan fingerprint density at radius 2 is 2.00 bits per heavy atom. The maximum absolute atomic E-state index is 13.3. The first kappa shape index (κ1) is 14.6. The standard InChI is InChI=1S/C16H12BrClFNO/c1-8-11-4-3-10(17)7-14(11)21-16(8)15(20)9-2-5-13(19)12(18)6-9/h2-7,15H,20H2,1H3. The molecular formula is C16H12BrClFNO. The maximum atomic E-state index is 13.3. The molecular weight excluding hydrogens is 357 g/mol. The van der Waals surface area contributed by atoms with E-state index in [4.69, 9.17) is 21.8 Å². The van der Waals surface area contributed by atoms with Crippen LogP contribution in [0.15, 0.2) is 45.3 Å². The van der Waals surface area contributed by atoms with Gasteiger partial charge in [0.25, 0.3) is 0 Å². The molecule has 0 amide bonds. The monoisotopic (exact) mass is 367 g/mol. The van der Waals surface area contributed by atoms with Gasteiger partial charge in [-0.1, -0.05) is 33.6 Å². The van der Waals surface area contributed by atoms with Gasteiger partial charge < -0.3 is 10.2 Å². The van der Waals surface area contributed by atoms with Crippen molar-refractivity contribution in [2.24, 2.45) is 5.73 Å². The molecule has 5 heteroatoms. The first-order chi connectivity index (χ1) is 9.97. The lowest BCUT2D eigenvalue weighted by atomic mass is 10.0. The third-order valence-corrected chi connectivity index (χ3v) is 4.31. The molecule has 3 rings (SSSR count). The predicted octanol–water partition coefficient (Wildman–Crippen LogP) is 5.34. The summed E-state index contributed by atoms with van der Waals surface area (Å²) in [6.45, 7) is 1.96. The first-order valence-electron chi connectivity index (χ1n) is 6.36. The second-order valence-corrected chi connectivity index (χ2v) is 6.21. The number of halogens is 3. The summed E-state index contributed by atoms with van der Waals surface area (Å²) in [6.07, 6.45) is 0. The van der Waals surface area contributed by atoms with Crippen LogP contribution in [0.5, 0.6) is 0 Å². The SMILES string of the molecule is Cc1c(C(N)c2ccc(F)c(Cl)c2)oc2cc(Br)ccc12. The highest BCUT2D eigenvalue weighted by Crippen LogP contribution is 2.33. The molecule has 0 radical (unpaired) electrons. The van der Waals surface area contributed by atoms with E-state index in [9.17, 15) is 4.39 Å². The van der Waals surface area contributed by atoms with Gasteiger partial charge in [-0.3, -0.25) is 0 Å². The lowest BCUT2D eigenvalue weighted by Crippen LogP contribution is -2.12. The number of rotatable bonds is 2. The highest BCUT2D eigenvalue weighted by molar-refractivity contribution is 9.10. The molecule has 2 N–H and O–H groups in total. The molecule has 1 atom stereocenters. The Bertz CT molecular complexity index is 831. The van der Waals surface area contributed by atoms with Gasteiger partial charge in [0.15, 0.2) is 0 Å². The Morgan fingerprint density at radius 3 is 2.71 bits per heavy atom. The quantitative estimate of drug-likeness (QED) is 0.663. The molecule has 0 aliphatic rings. The number of hydrogen-bond donors (Lipinski definition) is 1. The first-order valence-corrected chi connectivity index (χ1v) is 7.53. The normalized spacial score (nSPS) is 12.8. The third-order valence-electron chi connectivity index (χ3n) is 3.52. The summed E-state index contributed by atoms with van der Waals surface area (Å²) >= 11 is 9.23. The summed E-state index contributed by atoms with van der Waals surface area (Å²) in [5.41, 5.74) is 8.70. The summed E-state index contributed by atoms with van der Waals surface area (Å²) < 4.78 is 20.1. The van der Waals surface area contributed by atoms with E-state index in [0.29, 0.717) is 11.3 Å². The Labute approximate surface area is 134 Å². The number of fused-ring (bicyclic) bond motifs is 1. The van der Waals surface area contributed by atoms with Crippen LogP contribution < -0.4 is 5.73 Å². The molecule has 2 nitrogen and oxygen atoms in total.